The summed E-state index contributed by atoms with van der Waals surface area (Å²) in [5.74, 6) is -1.06. The van der Waals surface area contributed by atoms with E-state index in [0.29, 0.717) is 29.6 Å². The first-order chi connectivity index (χ1) is 15.0. The third-order valence-electron chi connectivity index (χ3n) is 4.70. The molecule has 0 spiro atoms. The molecule has 1 atom stereocenters. The highest BCUT2D eigenvalue weighted by Gasteiger charge is 2.38. The topological polar surface area (TPSA) is 102 Å². The largest absolute Gasteiger partial charge is 0.462 e. The molecular weight excluding hydrogens is 414 g/mol. The average molecular weight is 440 g/mol. The zero-order valence-corrected chi connectivity index (χ0v) is 18.1. The van der Waals surface area contributed by atoms with Crippen LogP contribution in [0, 0.1) is 0 Å². The molecule has 2 N–H and O–H groups in total. The molecule has 8 heteroatoms. The fourth-order valence-electron chi connectivity index (χ4n) is 3.20. The highest BCUT2D eigenvalue weighted by Crippen LogP contribution is 2.32. The van der Waals surface area contributed by atoms with Gasteiger partial charge in [0, 0.05) is 13.0 Å². The molecule has 1 saturated heterocycles. The summed E-state index contributed by atoms with van der Waals surface area (Å²) in [6, 6.07) is 16.7. The number of aryl methyl sites for hydroxylation is 1. The fraction of sp³-hybridized carbons (Fsp3) is 0.304. The van der Waals surface area contributed by atoms with E-state index >= 15 is 0 Å². The summed E-state index contributed by atoms with van der Waals surface area (Å²) in [6.07, 6.45) is 1.57. The summed E-state index contributed by atoms with van der Waals surface area (Å²) in [5, 5.41) is -0.0278. The number of aliphatic imine (C=N–C) groups is 1. The Labute approximate surface area is 185 Å². The predicted molar refractivity (Wildman–Crippen MR) is 121 cm³/mol. The SMILES string of the molecule is CCOC(=O)c1ccc(N=C2S[C@H](CC(N)=O)C(=O)N2CCCc2ccccc2)cc1. The van der Waals surface area contributed by atoms with Crippen molar-refractivity contribution >= 4 is 40.4 Å². The number of primary amides is 1. The number of hydrogen-bond donors (Lipinski definition) is 1. The van der Waals surface area contributed by atoms with Crippen LogP contribution in [0.15, 0.2) is 59.6 Å². The van der Waals surface area contributed by atoms with Crippen molar-refractivity contribution in [2.24, 2.45) is 10.7 Å². The summed E-state index contributed by atoms with van der Waals surface area (Å²) in [5.41, 5.74) is 7.56. The standard InChI is InChI=1S/C23H25N3O4S/c1-2-30-22(29)17-10-12-18(13-11-17)25-23-26(21(28)19(31-23)15-20(24)27)14-6-9-16-7-4-3-5-8-16/h3-5,7-8,10-13,19H,2,6,9,14-15H2,1H3,(H2,24,27)/t19-/m1/s1. The van der Waals surface area contributed by atoms with E-state index in [1.807, 2.05) is 18.2 Å². The number of ether oxygens (including phenoxy) is 1. The Morgan fingerprint density at radius 1 is 1.13 bits per heavy atom. The maximum Gasteiger partial charge on any atom is 0.338 e. The van der Waals surface area contributed by atoms with Gasteiger partial charge < -0.3 is 10.5 Å². The molecule has 2 aromatic carbocycles. The lowest BCUT2D eigenvalue weighted by Crippen LogP contribution is -2.34. The van der Waals surface area contributed by atoms with Crippen LogP contribution in [-0.4, -0.2) is 46.3 Å². The molecule has 7 nitrogen and oxygen atoms in total. The van der Waals surface area contributed by atoms with E-state index in [0.717, 1.165) is 12.8 Å². The number of rotatable bonds is 9. The molecule has 0 unspecified atom stereocenters. The number of amides is 2. The molecule has 1 aliphatic heterocycles. The minimum atomic E-state index is -0.563. The Bertz CT molecular complexity index is 961. The Morgan fingerprint density at radius 3 is 2.48 bits per heavy atom. The molecule has 2 amide bonds. The fourth-order valence-corrected chi connectivity index (χ4v) is 4.39. The van der Waals surface area contributed by atoms with E-state index in [1.54, 1.807) is 36.1 Å². The van der Waals surface area contributed by atoms with Gasteiger partial charge in [-0.25, -0.2) is 9.79 Å². The molecular formula is C23H25N3O4S. The smallest absolute Gasteiger partial charge is 0.338 e. The van der Waals surface area contributed by atoms with Crippen LogP contribution in [0.3, 0.4) is 0 Å². The van der Waals surface area contributed by atoms with Gasteiger partial charge in [-0.1, -0.05) is 42.1 Å². The zero-order valence-electron chi connectivity index (χ0n) is 17.3. The first-order valence-electron chi connectivity index (χ1n) is 10.1. The van der Waals surface area contributed by atoms with Gasteiger partial charge in [0.25, 0.3) is 0 Å². The van der Waals surface area contributed by atoms with Crippen molar-refractivity contribution in [3.8, 4) is 0 Å². The van der Waals surface area contributed by atoms with Gasteiger partial charge in [-0.05, 0) is 49.6 Å². The van der Waals surface area contributed by atoms with Crippen LogP contribution in [0.25, 0.3) is 0 Å². The molecule has 2 aromatic rings. The van der Waals surface area contributed by atoms with Gasteiger partial charge in [-0.2, -0.15) is 0 Å². The molecule has 0 aliphatic carbocycles. The lowest BCUT2D eigenvalue weighted by atomic mass is 10.1. The second-order valence-corrected chi connectivity index (χ2v) is 8.19. The Morgan fingerprint density at radius 2 is 1.84 bits per heavy atom. The number of thioether (sulfide) groups is 1. The lowest BCUT2D eigenvalue weighted by Gasteiger charge is -2.16. The van der Waals surface area contributed by atoms with Gasteiger partial charge in [0.15, 0.2) is 5.17 Å². The van der Waals surface area contributed by atoms with Crippen LogP contribution in [-0.2, 0) is 20.7 Å². The van der Waals surface area contributed by atoms with Crippen molar-refractivity contribution in [1.82, 2.24) is 4.90 Å². The molecule has 1 fully saturated rings. The molecule has 0 bridgehead atoms. The molecule has 162 valence electrons. The Hall–Kier alpha value is -3.13. The van der Waals surface area contributed by atoms with Crippen molar-refractivity contribution in [1.29, 1.82) is 0 Å². The predicted octanol–water partition coefficient (Wildman–Crippen LogP) is 3.30. The summed E-state index contributed by atoms with van der Waals surface area (Å²) in [7, 11) is 0. The highest BCUT2D eigenvalue weighted by molar-refractivity contribution is 8.15. The van der Waals surface area contributed by atoms with Crippen molar-refractivity contribution in [2.75, 3.05) is 13.2 Å². The van der Waals surface area contributed by atoms with Crippen molar-refractivity contribution < 1.29 is 19.1 Å². The third kappa shape index (κ3) is 6.18. The van der Waals surface area contributed by atoms with Crippen molar-refractivity contribution in [3.05, 3.63) is 65.7 Å². The first-order valence-corrected chi connectivity index (χ1v) is 11.0. The maximum atomic E-state index is 12.9. The summed E-state index contributed by atoms with van der Waals surface area (Å²) >= 11 is 1.25. The number of hydrogen-bond acceptors (Lipinski definition) is 6. The van der Waals surface area contributed by atoms with Gasteiger partial charge in [-0.3, -0.25) is 14.5 Å². The van der Waals surface area contributed by atoms with E-state index in [1.165, 1.54) is 17.3 Å². The monoisotopic (exact) mass is 439 g/mol. The molecule has 3 rings (SSSR count). The van der Waals surface area contributed by atoms with E-state index < -0.39 is 17.1 Å². The molecule has 1 aliphatic rings. The van der Waals surface area contributed by atoms with Crippen LogP contribution in [0.5, 0.6) is 0 Å². The van der Waals surface area contributed by atoms with Crippen molar-refractivity contribution in [2.45, 2.75) is 31.4 Å². The lowest BCUT2D eigenvalue weighted by molar-refractivity contribution is -0.128. The quantitative estimate of drug-likeness (QED) is 0.604. The summed E-state index contributed by atoms with van der Waals surface area (Å²) in [4.78, 5) is 42.3. The number of carbonyl (C=O) groups excluding carboxylic acids is 3. The minimum absolute atomic E-state index is 0.0283. The Kier molecular flexibility index (Phi) is 7.83. The second kappa shape index (κ2) is 10.8. The van der Waals surface area contributed by atoms with Gasteiger partial charge in [0.1, 0.15) is 5.25 Å². The number of nitrogens with two attached hydrogens (primary N) is 1. The second-order valence-electron chi connectivity index (χ2n) is 7.02. The number of nitrogens with zero attached hydrogens (tertiary/aromatic N) is 2. The summed E-state index contributed by atoms with van der Waals surface area (Å²) < 4.78 is 4.99. The molecule has 0 radical (unpaired) electrons. The van der Waals surface area contributed by atoms with Crippen LogP contribution in [0.4, 0.5) is 5.69 Å². The van der Waals surface area contributed by atoms with E-state index in [4.69, 9.17) is 10.5 Å². The van der Waals surface area contributed by atoms with Crippen LogP contribution in [0.2, 0.25) is 0 Å². The van der Waals surface area contributed by atoms with Crippen LogP contribution in [0.1, 0.15) is 35.7 Å². The van der Waals surface area contributed by atoms with Gasteiger partial charge in [0.05, 0.1) is 17.9 Å². The first kappa shape index (κ1) is 22.6. The van der Waals surface area contributed by atoms with Crippen LogP contribution < -0.4 is 5.73 Å². The van der Waals surface area contributed by atoms with Crippen molar-refractivity contribution in [3.63, 3.8) is 0 Å². The number of benzene rings is 2. The third-order valence-corrected chi connectivity index (χ3v) is 5.88. The highest BCUT2D eigenvalue weighted by atomic mass is 32.2. The average Bonchev–Trinajstić information content (AvgIpc) is 3.03. The minimum Gasteiger partial charge on any atom is -0.462 e. The molecule has 0 aromatic heterocycles. The zero-order chi connectivity index (χ0) is 22.2. The van der Waals surface area contributed by atoms with Crippen LogP contribution >= 0.6 is 11.8 Å². The van der Waals surface area contributed by atoms with Gasteiger partial charge >= 0.3 is 5.97 Å². The van der Waals surface area contributed by atoms with E-state index in [9.17, 15) is 14.4 Å². The number of amidine groups is 1. The molecule has 1 heterocycles. The normalized spacial score (nSPS) is 17.2. The van der Waals surface area contributed by atoms with E-state index in [2.05, 4.69) is 17.1 Å². The van der Waals surface area contributed by atoms with Gasteiger partial charge in [0.2, 0.25) is 11.8 Å². The Balaban J connectivity index is 1.74. The van der Waals surface area contributed by atoms with E-state index in [-0.39, 0.29) is 12.3 Å². The number of esters is 1. The summed E-state index contributed by atoms with van der Waals surface area (Å²) in [6.45, 7) is 2.55. The van der Waals surface area contributed by atoms with Gasteiger partial charge in [-0.15, -0.1) is 0 Å². The molecule has 31 heavy (non-hydrogen) atoms. The molecule has 0 saturated carbocycles. The number of carbonyl (C=O) groups is 3. The maximum absolute atomic E-state index is 12.9.